The number of nitriles is 1. The van der Waals surface area contributed by atoms with Gasteiger partial charge in [0.2, 0.25) is 0 Å². The van der Waals surface area contributed by atoms with Gasteiger partial charge < -0.3 is 5.32 Å². The quantitative estimate of drug-likeness (QED) is 0.862. The summed E-state index contributed by atoms with van der Waals surface area (Å²) in [5.41, 5.74) is 1.75. The molecule has 4 heteroatoms. The van der Waals surface area contributed by atoms with Crippen molar-refractivity contribution < 1.29 is 4.79 Å². The Kier molecular flexibility index (Phi) is 5.00. The number of amides is 1. The van der Waals surface area contributed by atoms with Gasteiger partial charge in [-0.05, 0) is 24.6 Å². The number of rotatable bonds is 4. The highest BCUT2D eigenvalue weighted by Crippen LogP contribution is 2.07. The van der Waals surface area contributed by atoms with Gasteiger partial charge >= 0.3 is 0 Å². The summed E-state index contributed by atoms with van der Waals surface area (Å²) in [6.45, 7) is 2.16. The summed E-state index contributed by atoms with van der Waals surface area (Å²) in [5.74, 6) is -0.297. The summed E-state index contributed by atoms with van der Waals surface area (Å²) in [6, 6.07) is 9.43. The predicted molar refractivity (Wildman–Crippen MR) is 66.2 cm³/mol. The molecule has 1 unspecified atom stereocenters. The number of carbonyl (C=O) groups excluding carboxylic acids is 1. The number of carbonyl (C=O) groups is 1. The van der Waals surface area contributed by atoms with Crippen LogP contribution < -0.4 is 5.32 Å². The minimum absolute atomic E-state index is 0.136. The Labute approximate surface area is 104 Å². The van der Waals surface area contributed by atoms with Crippen molar-refractivity contribution >= 4 is 21.8 Å². The van der Waals surface area contributed by atoms with E-state index in [0.717, 1.165) is 10.9 Å². The Balaban J connectivity index is 2.56. The zero-order chi connectivity index (χ0) is 12.0. The van der Waals surface area contributed by atoms with Crippen molar-refractivity contribution in [2.75, 3.05) is 6.54 Å². The number of hydrogen-bond donors (Lipinski definition) is 1. The van der Waals surface area contributed by atoms with Crippen molar-refractivity contribution in [2.45, 2.75) is 12.3 Å². The van der Waals surface area contributed by atoms with Crippen molar-refractivity contribution in [2.24, 2.45) is 5.92 Å². The Morgan fingerprint density at radius 3 is 2.62 bits per heavy atom. The topological polar surface area (TPSA) is 52.9 Å². The first-order valence-corrected chi connectivity index (χ1v) is 6.12. The van der Waals surface area contributed by atoms with Crippen LogP contribution in [0.25, 0.3) is 0 Å². The standard InChI is InChI=1S/C12H13BrN2O/c1-9(7-14)8-15-12(16)11-4-2-10(6-13)3-5-11/h2-5,9H,6,8H2,1H3,(H,15,16). The zero-order valence-corrected chi connectivity index (χ0v) is 10.6. The van der Waals surface area contributed by atoms with Gasteiger partial charge in [0, 0.05) is 17.4 Å². The molecule has 1 amide bonds. The second-order valence-corrected chi connectivity index (χ2v) is 4.13. The maximum absolute atomic E-state index is 11.6. The molecule has 84 valence electrons. The highest BCUT2D eigenvalue weighted by Gasteiger charge is 2.06. The van der Waals surface area contributed by atoms with E-state index >= 15 is 0 Å². The summed E-state index contributed by atoms with van der Waals surface area (Å²) in [5, 5.41) is 12.1. The molecule has 0 aliphatic rings. The summed E-state index contributed by atoms with van der Waals surface area (Å²) in [4.78, 5) is 11.6. The molecule has 16 heavy (non-hydrogen) atoms. The summed E-state index contributed by atoms with van der Waals surface area (Å²) < 4.78 is 0. The van der Waals surface area contributed by atoms with Crippen molar-refractivity contribution in [1.29, 1.82) is 5.26 Å². The van der Waals surface area contributed by atoms with Crippen LogP contribution in [0.1, 0.15) is 22.8 Å². The third-order valence-electron chi connectivity index (χ3n) is 2.16. The van der Waals surface area contributed by atoms with E-state index in [0.29, 0.717) is 12.1 Å². The molecule has 0 fully saturated rings. The Hall–Kier alpha value is -1.34. The molecule has 0 bridgehead atoms. The van der Waals surface area contributed by atoms with E-state index in [1.807, 2.05) is 12.1 Å². The van der Waals surface area contributed by atoms with Crippen molar-refractivity contribution in [3.63, 3.8) is 0 Å². The minimum Gasteiger partial charge on any atom is -0.351 e. The van der Waals surface area contributed by atoms with Gasteiger partial charge in [0.1, 0.15) is 0 Å². The molecule has 0 saturated carbocycles. The molecule has 0 spiro atoms. The van der Waals surface area contributed by atoms with E-state index in [-0.39, 0.29) is 11.8 Å². The van der Waals surface area contributed by atoms with Gasteiger partial charge in [-0.1, -0.05) is 28.1 Å². The zero-order valence-electron chi connectivity index (χ0n) is 9.03. The van der Waals surface area contributed by atoms with Crippen LogP contribution in [0.5, 0.6) is 0 Å². The lowest BCUT2D eigenvalue weighted by atomic mass is 10.1. The van der Waals surface area contributed by atoms with Crippen LogP contribution in [0, 0.1) is 17.2 Å². The Morgan fingerprint density at radius 2 is 2.12 bits per heavy atom. The number of benzene rings is 1. The van der Waals surface area contributed by atoms with Gasteiger partial charge in [-0.2, -0.15) is 5.26 Å². The average molecular weight is 281 g/mol. The van der Waals surface area contributed by atoms with E-state index in [1.165, 1.54) is 0 Å². The largest absolute Gasteiger partial charge is 0.351 e. The van der Waals surface area contributed by atoms with Crippen LogP contribution in [-0.4, -0.2) is 12.5 Å². The van der Waals surface area contributed by atoms with Crippen LogP contribution >= 0.6 is 15.9 Å². The lowest BCUT2D eigenvalue weighted by Gasteiger charge is -2.06. The summed E-state index contributed by atoms with van der Waals surface area (Å²) in [6.07, 6.45) is 0. The second-order valence-electron chi connectivity index (χ2n) is 3.57. The number of halogens is 1. The smallest absolute Gasteiger partial charge is 0.251 e. The molecular weight excluding hydrogens is 268 g/mol. The highest BCUT2D eigenvalue weighted by molar-refractivity contribution is 9.08. The van der Waals surface area contributed by atoms with E-state index in [9.17, 15) is 4.79 Å². The van der Waals surface area contributed by atoms with Crippen LogP contribution in [0.15, 0.2) is 24.3 Å². The van der Waals surface area contributed by atoms with Crippen LogP contribution in [-0.2, 0) is 5.33 Å². The normalized spacial score (nSPS) is 11.6. The summed E-state index contributed by atoms with van der Waals surface area (Å²) >= 11 is 3.34. The fraction of sp³-hybridized carbons (Fsp3) is 0.333. The monoisotopic (exact) mass is 280 g/mol. The van der Waals surface area contributed by atoms with E-state index in [4.69, 9.17) is 5.26 Å². The molecule has 0 heterocycles. The highest BCUT2D eigenvalue weighted by atomic mass is 79.9. The first-order chi connectivity index (χ1) is 7.67. The van der Waals surface area contributed by atoms with Crippen molar-refractivity contribution in [3.8, 4) is 6.07 Å². The Bertz CT molecular complexity index is 394. The molecule has 0 aliphatic heterocycles. The lowest BCUT2D eigenvalue weighted by molar-refractivity contribution is 0.0951. The third-order valence-corrected chi connectivity index (χ3v) is 2.81. The van der Waals surface area contributed by atoms with Crippen molar-refractivity contribution in [3.05, 3.63) is 35.4 Å². The van der Waals surface area contributed by atoms with Crippen molar-refractivity contribution in [1.82, 2.24) is 5.32 Å². The third kappa shape index (κ3) is 3.67. The minimum atomic E-state index is -0.161. The SMILES string of the molecule is CC(C#N)CNC(=O)c1ccc(CBr)cc1. The molecular formula is C12H13BrN2O. The predicted octanol–water partition coefficient (Wildman–Crippen LogP) is 2.47. The lowest BCUT2D eigenvalue weighted by Crippen LogP contribution is -2.27. The fourth-order valence-electron chi connectivity index (χ4n) is 1.14. The average Bonchev–Trinajstić information content (AvgIpc) is 2.35. The van der Waals surface area contributed by atoms with Crippen LogP contribution in [0.2, 0.25) is 0 Å². The molecule has 1 rings (SSSR count). The maximum Gasteiger partial charge on any atom is 0.251 e. The van der Waals surface area contributed by atoms with Gasteiger partial charge in [-0.25, -0.2) is 0 Å². The first-order valence-electron chi connectivity index (χ1n) is 5.00. The van der Waals surface area contributed by atoms with E-state index < -0.39 is 0 Å². The molecule has 1 atom stereocenters. The van der Waals surface area contributed by atoms with Crippen LogP contribution in [0.4, 0.5) is 0 Å². The fourth-order valence-corrected chi connectivity index (χ4v) is 1.51. The van der Waals surface area contributed by atoms with Gasteiger partial charge in [-0.3, -0.25) is 4.79 Å². The van der Waals surface area contributed by atoms with E-state index in [1.54, 1.807) is 19.1 Å². The molecule has 1 aromatic carbocycles. The second kappa shape index (κ2) is 6.29. The van der Waals surface area contributed by atoms with Gasteiger partial charge in [0.25, 0.3) is 5.91 Å². The molecule has 0 aliphatic carbocycles. The number of alkyl halides is 1. The maximum atomic E-state index is 11.6. The molecule has 1 aromatic rings. The van der Waals surface area contributed by atoms with E-state index in [2.05, 4.69) is 27.3 Å². The van der Waals surface area contributed by atoms with Crippen LogP contribution in [0.3, 0.4) is 0 Å². The number of nitrogens with zero attached hydrogens (tertiary/aromatic N) is 1. The van der Waals surface area contributed by atoms with Gasteiger partial charge in [0.15, 0.2) is 0 Å². The molecule has 0 aromatic heterocycles. The molecule has 0 radical (unpaired) electrons. The number of hydrogen-bond acceptors (Lipinski definition) is 2. The number of nitrogens with one attached hydrogen (secondary N) is 1. The first kappa shape index (κ1) is 12.7. The Morgan fingerprint density at radius 1 is 1.50 bits per heavy atom. The van der Waals surface area contributed by atoms with Gasteiger partial charge in [-0.15, -0.1) is 0 Å². The molecule has 1 N–H and O–H groups in total. The van der Waals surface area contributed by atoms with Gasteiger partial charge in [0.05, 0.1) is 12.0 Å². The molecule has 3 nitrogen and oxygen atoms in total. The molecule has 0 saturated heterocycles. The summed E-state index contributed by atoms with van der Waals surface area (Å²) in [7, 11) is 0.